The number of guanidine groups is 1. The molecular weight excluding hydrogens is 314 g/mol. The third-order valence-corrected chi connectivity index (χ3v) is 5.51. The van der Waals surface area contributed by atoms with Crippen molar-refractivity contribution in [3.63, 3.8) is 0 Å². The lowest BCUT2D eigenvalue weighted by Crippen LogP contribution is -2.43. The van der Waals surface area contributed by atoms with Gasteiger partial charge >= 0.3 is 0 Å². The zero-order chi connectivity index (χ0) is 17.2. The minimum atomic E-state index is -2.89. The summed E-state index contributed by atoms with van der Waals surface area (Å²) in [5, 5.41) is 6.60. The smallest absolute Gasteiger partial charge is 0.190 e. The third kappa shape index (κ3) is 8.55. The molecule has 23 heavy (non-hydrogen) atoms. The van der Waals surface area contributed by atoms with E-state index in [0.29, 0.717) is 18.4 Å². The number of ether oxygens (including phenoxy) is 1. The lowest BCUT2D eigenvalue weighted by atomic mass is 9.83. The van der Waals surface area contributed by atoms with E-state index in [4.69, 9.17) is 4.74 Å². The number of hydrogen-bond acceptors (Lipinski definition) is 4. The van der Waals surface area contributed by atoms with Gasteiger partial charge in [0.2, 0.25) is 0 Å². The molecule has 0 radical (unpaired) electrons. The van der Waals surface area contributed by atoms with Gasteiger partial charge in [-0.05, 0) is 38.0 Å². The maximum Gasteiger partial charge on any atom is 0.190 e. The lowest BCUT2D eigenvalue weighted by Gasteiger charge is -2.30. The summed E-state index contributed by atoms with van der Waals surface area (Å²) in [4.78, 5) is 4.22. The van der Waals surface area contributed by atoms with E-state index in [-0.39, 0.29) is 5.75 Å². The average molecular weight is 348 g/mol. The first-order chi connectivity index (χ1) is 10.9. The molecule has 0 unspecified atom stereocenters. The molecule has 6 nitrogen and oxygen atoms in total. The van der Waals surface area contributed by atoms with Crippen LogP contribution in [0.1, 0.15) is 45.4 Å². The quantitative estimate of drug-likeness (QED) is 0.356. The van der Waals surface area contributed by atoms with Crippen LogP contribution in [0.15, 0.2) is 4.99 Å². The van der Waals surface area contributed by atoms with E-state index in [2.05, 4.69) is 15.6 Å². The highest BCUT2D eigenvalue weighted by atomic mass is 32.2. The minimum absolute atomic E-state index is 0.204. The molecule has 0 spiro atoms. The maximum absolute atomic E-state index is 11.1. The van der Waals surface area contributed by atoms with Crippen molar-refractivity contribution >= 4 is 15.8 Å². The summed E-state index contributed by atoms with van der Waals surface area (Å²) in [6.45, 7) is 5.12. The van der Waals surface area contributed by atoms with Crippen LogP contribution >= 0.6 is 0 Å². The molecule has 0 aromatic heterocycles. The zero-order valence-electron chi connectivity index (χ0n) is 14.9. The molecule has 0 atom stereocenters. The monoisotopic (exact) mass is 347 g/mol. The molecule has 1 fully saturated rings. The van der Waals surface area contributed by atoms with Crippen LogP contribution in [0.3, 0.4) is 0 Å². The maximum atomic E-state index is 11.1. The number of nitrogens with zero attached hydrogens (tertiary/aromatic N) is 1. The van der Waals surface area contributed by atoms with Crippen LogP contribution in [0.4, 0.5) is 0 Å². The highest BCUT2D eigenvalue weighted by Gasteiger charge is 2.33. The molecule has 1 aliphatic rings. The Kier molecular flexibility index (Phi) is 8.91. The van der Waals surface area contributed by atoms with Crippen LogP contribution in [-0.4, -0.2) is 59.7 Å². The van der Waals surface area contributed by atoms with Gasteiger partial charge in [0, 0.05) is 39.6 Å². The Bertz CT molecular complexity index is 457. The number of nitrogens with one attached hydrogen (secondary N) is 2. The Morgan fingerprint density at radius 1 is 1.26 bits per heavy atom. The van der Waals surface area contributed by atoms with Crippen LogP contribution in [0.25, 0.3) is 0 Å². The Labute approximate surface area is 141 Å². The first-order valence-corrected chi connectivity index (χ1v) is 10.7. The predicted molar refractivity (Wildman–Crippen MR) is 95.7 cm³/mol. The van der Waals surface area contributed by atoms with Crippen LogP contribution in [0, 0.1) is 5.41 Å². The molecule has 136 valence electrons. The first-order valence-electron chi connectivity index (χ1n) is 8.61. The van der Waals surface area contributed by atoms with Crippen molar-refractivity contribution in [1.82, 2.24) is 10.6 Å². The fourth-order valence-corrected chi connectivity index (χ4v) is 3.77. The first kappa shape index (κ1) is 20.2. The summed E-state index contributed by atoms with van der Waals surface area (Å²) in [5.41, 5.74) is 0.305. The van der Waals surface area contributed by atoms with E-state index >= 15 is 0 Å². The summed E-state index contributed by atoms with van der Waals surface area (Å²) >= 11 is 0. The van der Waals surface area contributed by atoms with E-state index < -0.39 is 9.84 Å². The van der Waals surface area contributed by atoms with Crippen LogP contribution in [0.2, 0.25) is 0 Å². The van der Waals surface area contributed by atoms with E-state index in [9.17, 15) is 8.42 Å². The van der Waals surface area contributed by atoms with Gasteiger partial charge in [0.05, 0.1) is 5.75 Å². The molecule has 1 aliphatic carbocycles. The molecule has 0 aromatic carbocycles. The molecule has 0 amide bonds. The second kappa shape index (κ2) is 10.1. The van der Waals surface area contributed by atoms with Gasteiger partial charge in [-0.15, -0.1) is 0 Å². The molecule has 1 rings (SSSR count). The zero-order valence-corrected chi connectivity index (χ0v) is 15.7. The van der Waals surface area contributed by atoms with Gasteiger partial charge in [0.25, 0.3) is 0 Å². The molecule has 0 heterocycles. The second-order valence-corrected chi connectivity index (χ2v) is 8.75. The number of aliphatic imine (C=N–C) groups is 1. The van der Waals surface area contributed by atoms with Crippen molar-refractivity contribution in [3.05, 3.63) is 0 Å². The number of rotatable bonds is 10. The molecule has 2 N–H and O–H groups in total. The van der Waals surface area contributed by atoms with Crippen LogP contribution in [-0.2, 0) is 14.6 Å². The van der Waals surface area contributed by atoms with Gasteiger partial charge in [-0.25, -0.2) is 8.42 Å². The topological polar surface area (TPSA) is 79.8 Å². The van der Waals surface area contributed by atoms with Crippen LogP contribution in [0.5, 0.6) is 0 Å². The lowest BCUT2D eigenvalue weighted by molar-refractivity contribution is 0.105. The summed E-state index contributed by atoms with van der Waals surface area (Å²) in [7, 11) is -1.15. The van der Waals surface area contributed by atoms with E-state index in [1.54, 1.807) is 7.05 Å². The van der Waals surface area contributed by atoms with E-state index in [1.165, 1.54) is 31.9 Å². The molecule has 0 bridgehead atoms. The summed E-state index contributed by atoms with van der Waals surface area (Å²) < 4.78 is 27.8. The largest absolute Gasteiger partial charge is 0.382 e. The fraction of sp³-hybridized carbons (Fsp3) is 0.938. The van der Waals surface area contributed by atoms with Gasteiger partial charge in [0.15, 0.2) is 5.96 Å². The normalized spacial score (nSPS) is 18.1. The second-order valence-electron chi connectivity index (χ2n) is 6.49. The number of sulfone groups is 1. The minimum Gasteiger partial charge on any atom is -0.382 e. The van der Waals surface area contributed by atoms with Gasteiger partial charge in [0.1, 0.15) is 9.84 Å². The third-order valence-electron chi connectivity index (χ3n) is 4.48. The molecule has 1 saturated carbocycles. The Hall–Kier alpha value is -0.820. The average Bonchev–Trinajstić information content (AvgIpc) is 2.95. The van der Waals surface area contributed by atoms with E-state index in [1.807, 2.05) is 6.92 Å². The van der Waals surface area contributed by atoms with E-state index in [0.717, 1.165) is 32.1 Å². The van der Waals surface area contributed by atoms with Gasteiger partial charge < -0.3 is 15.4 Å². The summed E-state index contributed by atoms with van der Waals surface area (Å²) in [6, 6.07) is 0. The summed E-state index contributed by atoms with van der Waals surface area (Å²) in [5.74, 6) is 0.955. The van der Waals surface area contributed by atoms with Crippen molar-refractivity contribution < 1.29 is 13.2 Å². The molecule has 0 aliphatic heterocycles. The highest BCUT2D eigenvalue weighted by Crippen LogP contribution is 2.40. The molecular formula is C16H33N3O3S. The van der Waals surface area contributed by atoms with Crippen molar-refractivity contribution in [2.45, 2.75) is 45.4 Å². The number of hydrogen-bond donors (Lipinski definition) is 2. The highest BCUT2D eigenvalue weighted by molar-refractivity contribution is 7.90. The van der Waals surface area contributed by atoms with Crippen molar-refractivity contribution in [3.8, 4) is 0 Å². The Morgan fingerprint density at radius 2 is 1.96 bits per heavy atom. The van der Waals surface area contributed by atoms with Crippen molar-refractivity contribution in [1.29, 1.82) is 0 Å². The molecule has 7 heteroatoms. The van der Waals surface area contributed by atoms with Gasteiger partial charge in [-0.2, -0.15) is 0 Å². The van der Waals surface area contributed by atoms with Crippen LogP contribution < -0.4 is 10.6 Å². The summed E-state index contributed by atoms with van der Waals surface area (Å²) in [6.07, 6.45) is 7.98. The standard InChI is InChI=1S/C16H33N3O3S/c1-4-22-12-10-16(8-5-6-9-16)14-19-15(17-2)18-11-7-13-23(3,20)21/h4-14H2,1-3H3,(H2,17,18,19). The van der Waals surface area contributed by atoms with Gasteiger partial charge in [-0.3, -0.25) is 4.99 Å². The SMILES string of the molecule is CCOCCC1(CNC(=NC)NCCCS(C)(=O)=O)CCCC1. The molecule has 0 aromatic rings. The molecule has 0 saturated heterocycles. The van der Waals surface area contributed by atoms with Gasteiger partial charge in [-0.1, -0.05) is 12.8 Å². The predicted octanol–water partition coefficient (Wildman–Crippen LogP) is 1.57. The Balaban J connectivity index is 2.36. The fourth-order valence-electron chi connectivity index (χ4n) is 3.11. The van der Waals surface area contributed by atoms with Crippen molar-refractivity contribution in [2.75, 3.05) is 45.4 Å². The Morgan fingerprint density at radius 3 is 2.52 bits per heavy atom. The van der Waals surface area contributed by atoms with Crippen molar-refractivity contribution in [2.24, 2.45) is 10.4 Å².